The summed E-state index contributed by atoms with van der Waals surface area (Å²) in [7, 11) is 1.75. The van der Waals surface area contributed by atoms with E-state index in [0.29, 0.717) is 29.3 Å². The lowest BCUT2D eigenvalue weighted by atomic mass is 10.1. The van der Waals surface area contributed by atoms with Crippen LogP contribution in [0, 0.1) is 0 Å². The number of nitrogens with zero attached hydrogens (tertiary/aromatic N) is 5. The molecule has 0 radical (unpaired) electrons. The molecule has 0 saturated heterocycles. The van der Waals surface area contributed by atoms with Crippen LogP contribution < -0.4 is 10.9 Å². The Morgan fingerprint density at radius 1 is 1.08 bits per heavy atom. The van der Waals surface area contributed by atoms with E-state index < -0.39 is 5.60 Å². The predicted octanol–water partition coefficient (Wildman–Crippen LogP) is 4.06. The Labute approximate surface area is 212 Å². The van der Waals surface area contributed by atoms with E-state index in [1.54, 1.807) is 44.2 Å². The molecule has 0 aliphatic rings. The fourth-order valence-electron chi connectivity index (χ4n) is 4.08. The highest BCUT2D eigenvalue weighted by atomic mass is 35.5. The van der Waals surface area contributed by atoms with Crippen molar-refractivity contribution in [1.82, 2.24) is 29.5 Å². The molecule has 9 nitrogen and oxygen atoms in total. The zero-order chi connectivity index (χ0) is 25.4. The number of hydrogen-bond donors (Lipinski definition) is 3. The van der Waals surface area contributed by atoms with Crippen LogP contribution in [0.1, 0.15) is 30.9 Å². The van der Waals surface area contributed by atoms with Gasteiger partial charge in [0.1, 0.15) is 5.60 Å². The van der Waals surface area contributed by atoms with Gasteiger partial charge in [-0.25, -0.2) is 9.97 Å². The molecule has 3 aromatic heterocycles. The number of anilines is 1. The molecule has 5 rings (SSSR count). The van der Waals surface area contributed by atoms with Gasteiger partial charge in [-0.3, -0.25) is 19.3 Å². The van der Waals surface area contributed by atoms with Gasteiger partial charge in [0.2, 0.25) is 0 Å². The number of rotatable bonds is 7. The number of aromatic amines is 1. The number of aromatic nitrogens is 6. The SMILES string of the molecule is Cn1c(=O)c2ccc(-c3cnc(C(C)(C)O)nc3)cc2n1Cc1cc(NCc2ccn[nH]2)ccc1Cl. The molecule has 0 atom stereocenters. The van der Waals surface area contributed by atoms with E-state index in [1.165, 1.54) is 0 Å². The van der Waals surface area contributed by atoms with E-state index in [2.05, 4.69) is 25.5 Å². The molecule has 0 spiro atoms. The Hall–Kier alpha value is -3.95. The molecular formula is C26H26ClN7O2. The molecule has 0 amide bonds. The average Bonchev–Trinajstić information content (AvgIpc) is 3.47. The molecule has 3 N–H and O–H groups in total. The van der Waals surface area contributed by atoms with Crippen LogP contribution in [0.3, 0.4) is 0 Å². The summed E-state index contributed by atoms with van der Waals surface area (Å²) in [5.74, 6) is 0.347. The maximum Gasteiger partial charge on any atom is 0.274 e. The highest BCUT2D eigenvalue weighted by molar-refractivity contribution is 6.31. The van der Waals surface area contributed by atoms with E-state index in [0.717, 1.165) is 33.6 Å². The van der Waals surface area contributed by atoms with Gasteiger partial charge in [0.25, 0.3) is 5.56 Å². The van der Waals surface area contributed by atoms with Crippen molar-refractivity contribution in [2.45, 2.75) is 32.5 Å². The van der Waals surface area contributed by atoms with E-state index in [-0.39, 0.29) is 5.56 Å². The zero-order valence-corrected chi connectivity index (χ0v) is 20.9. The number of halogens is 1. The first-order chi connectivity index (χ1) is 17.2. The van der Waals surface area contributed by atoms with Crippen molar-refractivity contribution in [2.75, 3.05) is 5.32 Å². The Morgan fingerprint density at radius 3 is 2.56 bits per heavy atom. The fraction of sp³-hybridized carbons (Fsp3) is 0.231. The zero-order valence-electron chi connectivity index (χ0n) is 20.2. The number of hydrogen-bond acceptors (Lipinski definition) is 6. The number of nitrogens with one attached hydrogen (secondary N) is 2. The molecule has 0 aliphatic carbocycles. The molecule has 0 bridgehead atoms. The topological polar surface area (TPSA) is 114 Å². The van der Waals surface area contributed by atoms with Gasteiger partial charge in [0.15, 0.2) is 5.82 Å². The van der Waals surface area contributed by atoms with Gasteiger partial charge in [0.05, 0.1) is 29.7 Å². The first kappa shape index (κ1) is 23.8. The minimum Gasteiger partial charge on any atom is -0.382 e. The minimum absolute atomic E-state index is 0.0881. The van der Waals surface area contributed by atoms with E-state index in [4.69, 9.17) is 11.6 Å². The maximum atomic E-state index is 13.0. The molecule has 184 valence electrons. The van der Waals surface area contributed by atoms with Crippen LogP contribution in [0.25, 0.3) is 22.0 Å². The van der Waals surface area contributed by atoms with Crippen molar-refractivity contribution in [2.24, 2.45) is 7.05 Å². The largest absolute Gasteiger partial charge is 0.382 e. The predicted molar refractivity (Wildman–Crippen MR) is 140 cm³/mol. The second-order valence-corrected chi connectivity index (χ2v) is 9.62. The molecule has 0 saturated carbocycles. The van der Waals surface area contributed by atoms with E-state index >= 15 is 0 Å². The maximum absolute atomic E-state index is 13.0. The summed E-state index contributed by atoms with van der Waals surface area (Å²) in [4.78, 5) is 21.6. The number of aliphatic hydroxyl groups is 1. The third kappa shape index (κ3) is 4.62. The van der Waals surface area contributed by atoms with Crippen LogP contribution in [0.4, 0.5) is 5.69 Å². The molecule has 10 heteroatoms. The van der Waals surface area contributed by atoms with Gasteiger partial charge in [-0.1, -0.05) is 17.7 Å². The second kappa shape index (κ2) is 9.25. The van der Waals surface area contributed by atoms with Crippen LogP contribution >= 0.6 is 11.6 Å². The van der Waals surface area contributed by atoms with Crippen molar-refractivity contribution in [1.29, 1.82) is 0 Å². The monoisotopic (exact) mass is 503 g/mol. The first-order valence-corrected chi connectivity index (χ1v) is 11.8. The Balaban J connectivity index is 1.49. The van der Waals surface area contributed by atoms with Crippen LogP contribution in [-0.2, 0) is 25.7 Å². The molecule has 36 heavy (non-hydrogen) atoms. The highest BCUT2D eigenvalue weighted by Gasteiger charge is 2.19. The summed E-state index contributed by atoms with van der Waals surface area (Å²) < 4.78 is 3.51. The van der Waals surface area contributed by atoms with Crippen molar-refractivity contribution in [3.8, 4) is 11.1 Å². The average molecular weight is 504 g/mol. The Morgan fingerprint density at radius 2 is 1.86 bits per heavy atom. The lowest BCUT2D eigenvalue weighted by Crippen LogP contribution is -2.19. The third-order valence-corrected chi connectivity index (χ3v) is 6.47. The molecule has 0 fully saturated rings. The van der Waals surface area contributed by atoms with Crippen LogP contribution in [0.5, 0.6) is 0 Å². The van der Waals surface area contributed by atoms with Gasteiger partial charge in [-0.15, -0.1) is 0 Å². The van der Waals surface area contributed by atoms with E-state index in [9.17, 15) is 9.90 Å². The van der Waals surface area contributed by atoms with E-state index in [1.807, 2.05) is 47.1 Å². The third-order valence-electron chi connectivity index (χ3n) is 6.10. The molecular weight excluding hydrogens is 478 g/mol. The minimum atomic E-state index is -1.12. The van der Waals surface area contributed by atoms with Gasteiger partial charge in [-0.05, 0) is 61.4 Å². The lowest BCUT2D eigenvalue weighted by molar-refractivity contribution is 0.0687. The number of benzene rings is 2. The van der Waals surface area contributed by atoms with Gasteiger partial charge in [0, 0.05) is 41.9 Å². The van der Waals surface area contributed by atoms with Crippen molar-refractivity contribution in [3.63, 3.8) is 0 Å². The Bertz CT molecular complexity index is 1580. The van der Waals surface area contributed by atoms with Crippen molar-refractivity contribution >= 4 is 28.2 Å². The number of fused-ring (bicyclic) bond motifs is 1. The van der Waals surface area contributed by atoms with Crippen LogP contribution in [0.2, 0.25) is 5.02 Å². The van der Waals surface area contributed by atoms with Gasteiger partial charge in [-0.2, -0.15) is 5.10 Å². The standard InChI is InChI=1S/C26H26ClN7O2/c1-26(2,36)25-29-12-18(13-30-25)16-4-6-21-23(11-16)34(33(3)24(21)35)15-17-10-19(5-7-22(17)27)28-14-20-8-9-31-32-20/h4-13,28,36H,14-15H2,1-3H3,(H,31,32). The molecule has 3 heterocycles. The smallest absolute Gasteiger partial charge is 0.274 e. The molecule has 0 aliphatic heterocycles. The van der Waals surface area contributed by atoms with Crippen molar-refractivity contribution < 1.29 is 5.11 Å². The van der Waals surface area contributed by atoms with Gasteiger partial charge >= 0.3 is 0 Å². The fourth-order valence-corrected chi connectivity index (χ4v) is 4.26. The lowest BCUT2D eigenvalue weighted by Gasteiger charge is -2.15. The first-order valence-electron chi connectivity index (χ1n) is 11.5. The summed E-state index contributed by atoms with van der Waals surface area (Å²) in [6, 6.07) is 13.3. The van der Waals surface area contributed by atoms with Crippen molar-refractivity contribution in [3.05, 3.63) is 93.5 Å². The summed E-state index contributed by atoms with van der Waals surface area (Å²) in [6.07, 6.45) is 5.07. The number of H-pyrrole nitrogens is 1. The van der Waals surface area contributed by atoms with Gasteiger partial charge < -0.3 is 10.4 Å². The summed E-state index contributed by atoms with van der Waals surface area (Å²) in [6.45, 7) is 4.29. The quantitative estimate of drug-likeness (QED) is 0.308. The highest BCUT2D eigenvalue weighted by Crippen LogP contribution is 2.27. The van der Waals surface area contributed by atoms with Crippen LogP contribution in [0.15, 0.2) is 65.8 Å². The molecule has 0 unspecified atom stereocenters. The normalized spacial score (nSPS) is 11.8. The summed E-state index contributed by atoms with van der Waals surface area (Å²) in [5.41, 5.74) is 3.98. The summed E-state index contributed by atoms with van der Waals surface area (Å²) in [5, 5.41) is 21.6. The van der Waals surface area contributed by atoms with Crippen LogP contribution in [-0.4, -0.2) is 34.6 Å². The Kier molecular flexibility index (Phi) is 6.11. The molecule has 2 aromatic carbocycles. The molecule has 5 aromatic rings. The summed E-state index contributed by atoms with van der Waals surface area (Å²) >= 11 is 6.55. The second-order valence-electron chi connectivity index (χ2n) is 9.21.